The third-order valence-electron chi connectivity index (χ3n) is 4.48. The van der Waals surface area contributed by atoms with Crippen molar-refractivity contribution in [1.29, 1.82) is 0 Å². The molecule has 152 valence electrons. The maximum absolute atomic E-state index is 12.8. The van der Waals surface area contributed by atoms with Gasteiger partial charge in [-0.25, -0.2) is 4.79 Å². The summed E-state index contributed by atoms with van der Waals surface area (Å²) in [4.78, 5) is 13.5. The summed E-state index contributed by atoms with van der Waals surface area (Å²) in [6.45, 7) is 0.302. The second-order valence-corrected chi connectivity index (χ2v) is 6.77. The Bertz CT molecular complexity index is 1120. The highest BCUT2D eigenvalue weighted by Gasteiger charge is 2.32. The minimum absolute atomic E-state index is 0.0567. The highest BCUT2D eigenvalue weighted by molar-refractivity contribution is 6.32. The largest absolute Gasteiger partial charge is 0.493 e. The molecule has 0 bridgehead atoms. The Morgan fingerprint density at radius 1 is 1.21 bits per heavy atom. The number of hydrogen-bond acceptors (Lipinski definition) is 5. The van der Waals surface area contributed by atoms with Crippen LogP contribution in [0.15, 0.2) is 45.6 Å². The van der Waals surface area contributed by atoms with Crippen molar-refractivity contribution in [2.75, 3.05) is 6.61 Å². The Balaban J connectivity index is 1.62. The molecule has 2 aromatic carbocycles. The van der Waals surface area contributed by atoms with Gasteiger partial charge in [-0.1, -0.05) is 17.7 Å². The smallest absolute Gasteiger partial charge is 0.419 e. The highest BCUT2D eigenvalue weighted by Crippen LogP contribution is 2.43. The zero-order valence-electron chi connectivity index (χ0n) is 14.5. The average Bonchev–Trinajstić information content (AvgIpc) is 3.00. The number of fused-ring (bicyclic) bond motifs is 1. The van der Waals surface area contributed by atoms with Gasteiger partial charge < -0.3 is 19.0 Å². The number of ether oxygens (including phenoxy) is 2. The summed E-state index contributed by atoms with van der Waals surface area (Å²) in [7, 11) is 0. The minimum Gasteiger partial charge on any atom is -0.493 e. The Kier molecular flexibility index (Phi) is 4.70. The van der Waals surface area contributed by atoms with E-state index in [9.17, 15) is 23.1 Å². The average molecular weight is 428 g/mol. The number of oxazole rings is 1. The zero-order chi connectivity index (χ0) is 20.8. The fraction of sp³-hybridized carbons (Fsp3) is 0.211. The molecule has 2 heterocycles. The quantitative estimate of drug-likeness (QED) is 0.611. The van der Waals surface area contributed by atoms with Crippen LogP contribution in [0.5, 0.6) is 23.1 Å². The topological polar surface area (TPSA) is 84.7 Å². The SMILES string of the molecule is O=c1[nH]c(O)c([C@@H]2CCOc3cc(Oc4ccc(C(F)(F)F)cc4Cl)ccc32)o1. The Morgan fingerprint density at radius 2 is 2.00 bits per heavy atom. The van der Waals surface area contributed by atoms with Crippen LogP contribution in [-0.2, 0) is 6.18 Å². The van der Waals surface area contributed by atoms with Crippen LogP contribution in [0.1, 0.15) is 29.2 Å². The van der Waals surface area contributed by atoms with E-state index in [4.69, 9.17) is 25.5 Å². The lowest BCUT2D eigenvalue weighted by molar-refractivity contribution is -0.137. The molecule has 0 radical (unpaired) electrons. The summed E-state index contributed by atoms with van der Waals surface area (Å²) in [5, 5.41) is 9.67. The predicted octanol–water partition coefficient (Wildman–Crippen LogP) is 5.05. The molecule has 1 aliphatic rings. The van der Waals surface area contributed by atoms with Crippen molar-refractivity contribution in [3.63, 3.8) is 0 Å². The van der Waals surface area contributed by atoms with Gasteiger partial charge >= 0.3 is 11.9 Å². The number of rotatable bonds is 3. The fourth-order valence-electron chi connectivity index (χ4n) is 3.16. The maximum Gasteiger partial charge on any atom is 0.419 e. The molecule has 0 unspecified atom stereocenters. The number of aromatic nitrogens is 1. The number of halogens is 4. The number of H-pyrrole nitrogens is 1. The molecule has 6 nitrogen and oxygen atoms in total. The molecule has 4 rings (SSSR count). The van der Waals surface area contributed by atoms with Crippen molar-refractivity contribution in [3.8, 4) is 23.1 Å². The number of alkyl halides is 3. The molecule has 29 heavy (non-hydrogen) atoms. The van der Waals surface area contributed by atoms with Crippen molar-refractivity contribution in [3.05, 3.63) is 68.9 Å². The summed E-state index contributed by atoms with van der Waals surface area (Å²) in [5.74, 6) is -0.607. The van der Waals surface area contributed by atoms with Gasteiger partial charge in [0.05, 0.1) is 23.1 Å². The monoisotopic (exact) mass is 427 g/mol. The van der Waals surface area contributed by atoms with E-state index in [1.54, 1.807) is 18.2 Å². The van der Waals surface area contributed by atoms with Gasteiger partial charge in [0.25, 0.3) is 0 Å². The molecule has 1 aromatic heterocycles. The minimum atomic E-state index is -4.50. The molecule has 0 spiro atoms. The predicted molar refractivity (Wildman–Crippen MR) is 95.9 cm³/mol. The second kappa shape index (κ2) is 7.07. The van der Waals surface area contributed by atoms with Crippen molar-refractivity contribution in [1.82, 2.24) is 4.98 Å². The van der Waals surface area contributed by atoms with Crippen LogP contribution in [-0.4, -0.2) is 16.7 Å². The summed E-state index contributed by atoms with van der Waals surface area (Å²) in [5.41, 5.74) is -0.209. The van der Waals surface area contributed by atoms with Crippen molar-refractivity contribution in [2.45, 2.75) is 18.5 Å². The molecule has 0 saturated carbocycles. The number of nitrogens with one attached hydrogen (secondary N) is 1. The number of hydrogen-bond donors (Lipinski definition) is 2. The molecular weight excluding hydrogens is 415 g/mol. The summed E-state index contributed by atoms with van der Waals surface area (Å²) >= 11 is 5.92. The van der Waals surface area contributed by atoms with E-state index in [0.29, 0.717) is 30.1 Å². The lowest BCUT2D eigenvalue weighted by Gasteiger charge is -2.24. The molecule has 0 fully saturated rings. The first-order valence-electron chi connectivity index (χ1n) is 8.45. The lowest BCUT2D eigenvalue weighted by atomic mass is 9.91. The third-order valence-corrected chi connectivity index (χ3v) is 4.78. The van der Waals surface area contributed by atoms with Crippen LogP contribution in [0.2, 0.25) is 5.02 Å². The van der Waals surface area contributed by atoms with Crippen LogP contribution in [0.4, 0.5) is 13.2 Å². The number of benzene rings is 2. The summed E-state index contributed by atoms with van der Waals surface area (Å²) in [6.07, 6.45) is -4.03. The second-order valence-electron chi connectivity index (χ2n) is 6.36. The molecule has 3 aromatic rings. The Morgan fingerprint density at radius 3 is 2.66 bits per heavy atom. The van der Waals surface area contributed by atoms with E-state index in [-0.39, 0.29) is 22.4 Å². The van der Waals surface area contributed by atoms with Crippen LogP contribution < -0.4 is 15.2 Å². The summed E-state index contributed by atoms with van der Waals surface area (Å²) in [6, 6.07) is 7.61. The van der Waals surface area contributed by atoms with E-state index in [1.807, 2.05) is 0 Å². The van der Waals surface area contributed by atoms with Gasteiger partial charge in [-0.3, -0.25) is 4.98 Å². The highest BCUT2D eigenvalue weighted by atomic mass is 35.5. The molecule has 10 heteroatoms. The van der Waals surface area contributed by atoms with E-state index < -0.39 is 23.4 Å². The number of aromatic amines is 1. The molecular formula is C19H13ClF3NO5. The van der Waals surface area contributed by atoms with Crippen LogP contribution in [0.3, 0.4) is 0 Å². The Labute approximate surface area is 166 Å². The molecule has 2 N–H and O–H groups in total. The van der Waals surface area contributed by atoms with Crippen LogP contribution >= 0.6 is 11.6 Å². The van der Waals surface area contributed by atoms with E-state index in [1.165, 1.54) is 0 Å². The van der Waals surface area contributed by atoms with Crippen molar-refractivity contribution < 1.29 is 32.2 Å². The van der Waals surface area contributed by atoms with Crippen molar-refractivity contribution >= 4 is 11.6 Å². The van der Waals surface area contributed by atoms with Gasteiger partial charge in [-0.05, 0) is 30.7 Å². The number of aromatic hydroxyl groups is 1. The van der Waals surface area contributed by atoms with E-state index >= 15 is 0 Å². The van der Waals surface area contributed by atoms with E-state index in [2.05, 4.69) is 4.98 Å². The van der Waals surface area contributed by atoms with Crippen LogP contribution in [0, 0.1) is 0 Å². The fourth-order valence-corrected chi connectivity index (χ4v) is 3.38. The standard InChI is InChI=1S/C19H13ClF3NO5/c20-13-7-9(19(21,22)23)1-4-14(13)28-10-2-3-11-12(5-6-27-15(11)8-10)16-17(25)24-18(26)29-16/h1-4,7-8,12,25H,5-6H2,(H,24,26)/t12-/m1/s1. The maximum atomic E-state index is 12.8. The first-order valence-corrected chi connectivity index (χ1v) is 8.83. The van der Waals surface area contributed by atoms with Crippen molar-refractivity contribution in [2.24, 2.45) is 0 Å². The van der Waals surface area contributed by atoms with Gasteiger partial charge in [0.2, 0.25) is 5.88 Å². The zero-order valence-corrected chi connectivity index (χ0v) is 15.3. The molecule has 1 aliphatic heterocycles. The third kappa shape index (κ3) is 3.77. The van der Waals surface area contributed by atoms with Crippen LogP contribution in [0.25, 0.3) is 0 Å². The molecule has 1 atom stereocenters. The Hall–Kier alpha value is -3.07. The first kappa shape index (κ1) is 19.3. The van der Waals surface area contributed by atoms with E-state index in [0.717, 1.165) is 18.2 Å². The van der Waals surface area contributed by atoms with Gasteiger partial charge in [0, 0.05) is 11.6 Å². The molecule has 0 saturated heterocycles. The van der Waals surface area contributed by atoms with Gasteiger partial charge in [0.1, 0.15) is 17.2 Å². The normalized spacial score (nSPS) is 16.2. The first-order chi connectivity index (χ1) is 13.7. The molecule has 0 aliphatic carbocycles. The van der Waals surface area contributed by atoms with Gasteiger partial charge in [0.15, 0.2) is 5.76 Å². The summed E-state index contributed by atoms with van der Waals surface area (Å²) < 4.78 is 54.5. The molecule has 0 amide bonds. The van der Waals surface area contributed by atoms with Gasteiger partial charge in [-0.2, -0.15) is 13.2 Å². The van der Waals surface area contributed by atoms with Gasteiger partial charge in [-0.15, -0.1) is 0 Å². The lowest BCUT2D eigenvalue weighted by Crippen LogP contribution is -2.15.